The molecule has 0 aliphatic heterocycles. The molecule has 0 spiro atoms. The molecule has 0 radical (unpaired) electrons. The molecule has 5 aliphatic carbocycles. The van der Waals surface area contributed by atoms with Crippen molar-refractivity contribution >= 4 is 76.2 Å². The smallest absolute Gasteiger partial charge is 0.0995 e. The third-order valence-corrected chi connectivity index (χ3v) is 14.4. The van der Waals surface area contributed by atoms with Crippen LogP contribution < -0.4 is 0 Å². The zero-order valence-electron chi connectivity index (χ0n) is 29.1. The maximum absolute atomic E-state index is 10.8. The second kappa shape index (κ2) is 8.18. The van der Waals surface area contributed by atoms with E-state index in [1.807, 2.05) is 0 Å². The van der Waals surface area contributed by atoms with Crippen LogP contribution in [-0.4, -0.2) is 13.8 Å². The molecule has 2 atom stereocenters. The molecule has 4 aromatic carbocycles. The Labute approximate surface area is 290 Å². The van der Waals surface area contributed by atoms with Gasteiger partial charge in [-0.3, -0.25) is 4.98 Å². The number of fused-ring (bicyclic) bond motifs is 15. The van der Waals surface area contributed by atoms with Gasteiger partial charge >= 0.3 is 0 Å². The minimum atomic E-state index is -0.0893. The van der Waals surface area contributed by atoms with E-state index in [-0.39, 0.29) is 10.8 Å². The molecule has 4 heteroatoms. The Morgan fingerprint density at radius 3 is 2.16 bits per heavy atom. The molecule has 2 fully saturated rings. The van der Waals surface area contributed by atoms with E-state index in [4.69, 9.17) is 4.98 Å². The van der Waals surface area contributed by atoms with Crippen molar-refractivity contribution in [3.63, 3.8) is 0 Å². The van der Waals surface area contributed by atoms with Gasteiger partial charge in [0.05, 0.1) is 50.9 Å². The molecule has 0 amide bonds. The lowest BCUT2D eigenvalue weighted by Crippen LogP contribution is -2.25. The minimum absolute atomic E-state index is 0.0786. The summed E-state index contributed by atoms with van der Waals surface area (Å²) in [6.45, 7) is 9.53. The van der Waals surface area contributed by atoms with Crippen LogP contribution in [0, 0.1) is 23.2 Å². The standard InChI is InChI=1S/C46H38N4/c1-45(2)21-46(3,4)41-38-32(17-26(19-47)40(41)45)50-34-20-48-42-25-15-22-12-23(16-25)14-24(13-22)35(42)37(34)30-18-33-36(39(38)44(30)50)29-10-7-9-28-27-8-5-6-11-31(27)49(33)43(28)29/h5-11,17-18,20,22-25H,12-16,21H2,1-4H3. The van der Waals surface area contributed by atoms with E-state index in [2.05, 4.69) is 103 Å². The molecular formula is C46H38N4. The molecule has 0 N–H and O–H groups in total. The fourth-order valence-corrected chi connectivity index (χ4v) is 13.5. The van der Waals surface area contributed by atoms with Crippen LogP contribution in [0.15, 0.2) is 60.8 Å². The highest BCUT2D eigenvalue weighted by molar-refractivity contribution is 6.38. The van der Waals surface area contributed by atoms with E-state index >= 15 is 0 Å². The SMILES string of the molecule is CC1(C)CC(C)(C)c2c1c(C#N)cc1c2c2c3c4cccc5c6ccccc6n(c3cc3c6c7c(ncc6n1c32)C1CC2CC(C1)CC7C2)c54. The molecule has 5 aliphatic rings. The van der Waals surface area contributed by atoms with Gasteiger partial charge in [0.15, 0.2) is 0 Å². The maximum atomic E-state index is 10.8. The van der Waals surface area contributed by atoms with Crippen LogP contribution in [0.4, 0.5) is 0 Å². The van der Waals surface area contributed by atoms with Crippen molar-refractivity contribution < 1.29 is 0 Å². The van der Waals surface area contributed by atoms with Gasteiger partial charge in [0.2, 0.25) is 0 Å². The zero-order valence-corrected chi connectivity index (χ0v) is 29.1. The van der Waals surface area contributed by atoms with Crippen molar-refractivity contribution in [1.29, 1.82) is 5.26 Å². The Morgan fingerprint density at radius 2 is 1.34 bits per heavy atom. The number of hydrogen-bond donors (Lipinski definition) is 0. The monoisotopic (exact) mass is 646 g/mol. The third kappa shape index (κ3) is 2.81. The van der Waals surface area contributed by atoms with Gasteiger partial charge in [0.1, 0.15) is 0 Å². The van der Waals surface area contributed by atoms with Gasteiger partial charge in [-0.25, -0.2) is 0 Å². The Balaban J connectivity index is 1.35. The van der Waals surface area contributed by atoms with Crippen LogP contribution in [-0.2, 0) is 10.8 Å². The molecule has 9 aromatic rings. The average Bonchev–Trinajstić information content (AvgIpc) is 3.82. The van der Waals surface area contributed by atoms with E-state index in [0.29, 0.717) is 11.8 Å². The van der Waals surface area contributed by atoms with Gasteiger partial charge in [-0.05, 0) is 102 Å². The van der Waals surface area contributed by atoms with Gasteiger partial charge in [-0.1, -0.05) is 64.1 Å². The predicted molar refractivity (Wildman–Crippen MR) is 204 cm³/mol. The van der Waals surface area contributed by atoms with Gasteiger partial charge < -0.3 is 8.80 Å². The van der Waals surface area contributed by atoms with E-state index < -0.39 is 0 Å². The summed E-state index contributed by atoms with van der Waals surface area (Å²) in [6, 6.07) is 23.4. The first-order valence-electron chi connectivity index (χ1n) is 18.9. The second-order valence-corrected chi connectivity index (χ2v) is 18.2. The summed E-state index contributed by atoms with van der Waals surface area (Å²) in [4.78, 5) is 5.46. The lowest BCUT2D eigenvalue weighted by atomic mass is 9.67. The number of rotatable bonds is 0. The summed E-state index contributed by atoms with van der Waals surface area (Å²) in [5, 5.41) is 21.7. The summed E-state index contributed by atoms with van der Waals surface area (Å²) in [5.41, 5.74) is 14.0. The number of pyridine rings is 1. The molecule has 2 unspecified atom stereocenters. The number of benzene rings is 4. The third-order valence-electron chi connectivity index (χ3n) is 14.4. The molecule has 14 rings (SSSR count). The quantitative estimate of drug-likeness (QED) is 0.165. The average molecular weight is 647 g/mol. The minimum Gasteiger partial charge on any atom is -0.308 e. The predicted octanol–water partition coefficient (Wildman–Crippen LogP) is 11.6. The number of para-hydroxylation sites is 2. The molecule has 242 valence electrons. The van der Waals surface area contributed by atoms with E-state index in [0.717, 1.165) is 23.8 Å². The van der Waals surface area contributed by atoms with E-state index in [1.54, 1.807) is 5.56 Å². The lowest BCUT2D eigenvalue weighted by Gasteiger charge is -2.38. The molecule has 4 nitrogen and oxygen atoms in total. The van der Waals surface area contributed by atoms with Crippen molar-refractivity contribution in [2.75, 3.05) is 0 Å². The number of hydrogen-bond acceptors (Lipinski definition) is 2. The first-order chi connectivity index (χ1) is 24.2. The van der Waals surface area contributed by atoms with Crippen molar-refractivity contribution in [3.05, 3.63) is 88.7 Å². The Bertz CT molecular complexity index is 3070. The van der Waals surface area contributed by atoms with Crippen LogP contribution in [0.25, 0.3) is 76.2 Å². The Kier molecular flexibility index (Phi) is 4.41. The van der Waals surface area contributed by atoms with Crippen LogP contribution in [0.5, 0.6) is 0 Å². The van der Waals surface area contributed by atoms with Gasteiger partial charge in [-0.2, -0.15) is 5.26 Å². The number of nitrogens with zero attached hydrogens (tertiary/aromatic N) is 4. The van der Waals surface area contributed by atoms with Crippen molar-refractivity contribution in [3.8, 4) is 6.07 Å². The van der Waals surface area contributed by atoms with Crippen LogP contribution in [0.2, 0.25) is 0 Å². The van der Waals surface area contributed by atoms with Gasteiger partial charge in [0.25, 0.3) is 0 Å². The lowest BCUT2D eigenvalue weighted by molar-refractivity contribution is 0.165. The summed E-state index contributed by atoms with van der Waals surface area (Å²) in [5.74, 6) is 2.84. The summed E-state index contributed by atoms with van der Waals surface area (Å²) in [7, 11) is 0. The highest BCUT2D eigenvalue weighted by Crippen LogP contribution is 2.60. The molecule has 50 heavy (non-hydrogen) atoms. The highest BCUT2D eigenvalue weighted by Gasteiger charge is 2.47. The van der Waals surface area contributed by atoms with E-state index in [1.165, 1.54) is 125 Å². The first kappa shape index (κ1) is 26.9. The van der Waals surface area contributed by atoms with Crippen LogP contribution >= 0.6 is 0 Å². The van der Waals surface area contributed by atoms with Crippen molar-refractivity contribution in [1.82, 2.24) is 13.8 Å². The normalized spacial score (nSPS) is 25.0. The van der Waals surface area contributed by atoms with Gasteiger partial charge in [0, 0.05) is 54.7 Å². The highest BCUT2D eigenvalue weighted by atomic mass is 15.0. The maximum Gasteiger partial charge on any atom is 0.0995 e. The fourth-order valence-electron chi connectivity index (χ4n) is 13.5. The molecular weight excluding hydrogens is 609 g/mol. The van der Waals surface area contributed by atoms with Crippen molar-refractivity contribution in [2.45, 2.75) is 88.9 Å². The Morgan fingerprint density at radius 1 is 0.640 bits per heavy atom. The second-order valence-electron chi connectivity index (χ2n) is 18.2. The summed E-state index contributed by atoms with van der Waals surface area (Å²) in [6.07, 6.45) is 9.92. The van der Waals surface area contributed by atoms with Crippen molar-refractivity contribution in [2.24, 2.45) is 11.8 Å². The fraction of sp³-hybridized carbons (Fsp3) is 0.348. The molecule has 0 saturated heterocycles. The molecule has 5 aromatic heterocycles. The van der Waals surface area contributed by atoms with E-state index in [9.17, 15) is 5.26 Å². The van der Waals surface area contributed by atoms with Gasteiger partial charge in [-0.15, -0.1) is 0 Å². The summed E-state index contributed by atoms with van der Waals surface area (Å²) < 4.78 is 5.14. The zero-order chi connectivity index (χ0) is 33.2. The van der Waals surface area contributed by atoms with Crippen LogP contribution in [0.1, 0.15) is 106 Å². The molecule has 4 bridgehead atoms. The Hall–Kier alpha value is -4.88. The van der Waals surface area contributed by atoms with Crippen LogP contribution in [0.3, 0.4) is 0 Å². The molecule has 5 heterocycles. The topological polar surface area (TPSA) is 45.5 Å². The number of aromatic nitrogens is 3. The largest absolute Gasteiger partial charge is 0.308 e. The first-order valence-corrected chi connectivity index (χ1v) is 18.9. The molecule has 2 saturated carbocycles. The summed E-state index contributed by atoms with van der Waals surface area (Å²) >= 11 is 0. The number of nitriles is 1.